The fourth-order valence-corrected chi connectivity index (χ4v) is 1.75. The summed E-state index contributed by atoms with van der Waals surface area (Å²) in [5.41, 5.74) is 5.86. The van der Waals surface area contributed by atoms with Crippen molar-refractivity contribution in [3.05, 3.63) is 23.5 Å². The second-order valence-electron chi connectivity index (χ2n) is 3.81. The minimum atomic E-state index is -0.566. The third kappa shape index (κ3) is 1.55. The number of nitrogens with two attached hydrogens (primary N) is 1. The number of ether oxygens (including phenoxy) is 2. The van der Waals surface area contributed by atoms with Crippen LogP contribution in [0.5, 0.6) is 11.5 Å². The summed E-state index contributed by atoms with van der Waals surface area (Å²) in [5, 5.41) is 0. The van der Waals surface area contributed by atoms with Crippen molar-refractivity contribution in [1.82, 2.24) is 0 Å². The molecule has 1 aromatic rings. The van der Waals surface area contributed by atoms with E-state index in [1.807, 2.05) is 0 Å². The Balaban J connectivity index is 2.59. The van der Waals surface area contributed by atoms with Crippen molar-refractivity contribution in [3.63, 3.8) is 0 Å². The molecule has 0 aromatic heterocycles. The van der Waals surface area contributed by atoms with E-state index in [9.17, 15) is 4.39 Å². The smallest absolute Gasteiger partial charge is 0.168 e. The number of hydrogen-bond acceptors (Lipinski definition) is 3. The van der Waals surface area contributed by atoms with Crippen molar-refractivity contribution >= 4 is 0 Å². The first kappa shape index (κ1) is 10.2. The molecule has 2 N–H and O–H groups in total. The van der Waals surface area contributed by atoms with Gasteiger partial charge in [-0.05, 0) is 25.0 Å². The molecule has 1 aromatic carbocycles. The van der Waals surface area contributed by atoms with Crippen LogP contribution in [0.3, 0.4) is 0 Å². The van der Waals surface area contributed by atoms with Gasteiger partial charge in [0.05, 0.1) is 19.8 Å². The van der Waals surface area contributed by atoms with E-state index < -0.39 is 5.54 Å². The third-order valence-electron chi connectivity index (χ3n) is 2.78. The lowest BCUT2D eigenvalue weighted by Crippen LogP contribution is -2.21. The van der Waals surface area contributed by atoms with Crippen LogP contribution >= 0.6 is 0 Å². The molecule has 1 aliphatic carbocycles. The van der Waals surface area contributed by atoms with E-state index in [1.165, 1.54) is 20.3 Å². The quantitative estimate of drug-likeness (QED) is 0.829. The first-order valence-corrected chi connectivity index (χ1v) is 4.82. The first-order valence-electron chi connectivity index (χ1n) is 4.82. The van der Waals surface area contributed by atoms with Crippen molar-refractivity contribution < 1.29 is 13.9 Å². The number of halogens is 1. The standard InChI is InChI=1S/C11H14FNO2/c1-14-8-4-3-7(12)9(10(8)15-2)11(13)5-6-11/h3-4H,5-6,13H2,1-2H3. The molecule has 2 rings (SSSR count). The van der Waals surface area contributed by atoms with Gasteiger partial charge in [0, 0.05) is 5.54 Å². The monoisotopic (exact) mass is 211 g/mol. The van der Waals surface area contributed by atoms with Crippen molar-refractivity contribution in [1.29, 1.82) is 0 Å². The van der Waals surface area contributed by atoms with Crippen molar-refractivity contribution in [2.45, 2.75) is 18.4 Å². The second-order valence-corrected chi connectivity index (χ2v) is 3.81. The highest BCUT2D eigenvalue weighted by molar-refractivity contribution is 5.52. The second kappa shape index (κ2) is 3.38. The van der Waals surface area contributed by atoms with E-state index in [0.717, 1.165) is 12.8 Å². The van der Waals surface area contributed by atoms with Gasteiger partial charge in [0.1, 0.15) is 5.82 Å². The molecule has 0 amide bonds. The molecule has 0 unspecified atom stereocenters. The minimum absolute atomic E-state index is 0.326. The average Bonchev–Trinajstić information content (AvgIpc) is 2.96. The maximum absolute atomic E-state index is 13.7. The van der Waals surface area contributed by atoms with Gasteiger partial charge in [-0.2, -0.15) is 0 Å². The van der Waals surface area contributed by atoms with Crippen LogP contribution in [0.25, 0.3) is 0 Å². The van der Waals surface area contributed by atoms with Crippen molar-refractivity contribution in [3.8, 4) is 11.5 Å². The Bertz CT molecular complexity index is 388. The van der Waals surface area contributed by atoms with Gasteiger partial charge in [0.15, 0.2) is 11.5 Å². The van der Waals surface area contributed by atoms with Crippen LogP contribution in [-0.2, 0) is 5.54 Å². The molecular formula is C11H14FNO2. The fourth-order valence-electron chi connectivity index (χ4n) is 1.75. The molecule has 1 fully saturated rings. The number of hydrogen-bond donors (Lipinski definition) is 1. The lowest BCUT2D eigenvalue weighted by atomic mass is 10.0. The lowest BCUT2D eigenvalue weighted by Gasteiger charge is -2.17. The maximum atomic E-state index is 13.7. The number of benzene rings is 1. The molecule has 15 heavy (non-hydrogen) atoms. The average molecular weight is 211 g/mol. The highest BCUT2D eigenvalue weighted by Crippen LogP contribution is 2.50. The van der Waals surface area contributed by atoms with E-state index in [1.54, 1.807) is 6.07 Å². The Morgan fingerprint density at radius 2 is 1.93 bits per heavy atom. The Labute approximate surface area is 88.0 Å². The summed E-state index contributed by atoms with van der Waals surface area (Å²) in [4.78, 5) is 0. The van der Waals surface area contributed by atoms with Crippen LogP contribution in [0, 0.1) is 5.82 Å². The number of rotatable bonds is 3. The van der Waals surface area contributed by atoms with E-state index in [2.05, 4.69) is 0 Å². The largest absolute Gasteiger partial charge is 0.493 e. The summed E-state index contributed by atoms with van der Waals surface area (Å²) in [7, 11) is 3.02. The molecule has 0 aliphatic heterocycles. The number of methoxy groups -OCH3 is 2. The molecule has 3 nitrogen and oxygen atoms in total. The third-order valence-corrected chi connectivity index (χ3v) is 2.78. The van der Waals surface area contributed by atoms with Gasteiger partial charge in [-0.15, -0.1) is 0 Å². The predicted octanol–water partition coefficient (Wildman–Crippen LogP) is 1.79. The van der Waals surface area contributed by atoms with Gasteiger partial charge in [0.2, 0.25) is 0 Å². The molecule has 4 heteroatoms. The maximum Gasteiger partial charge on any atom is 0.168 e. The molecule has 0 heterocycles. The van der Waals surface area contributed by atoms with Crippen LogP contribution in [0.15, 0.2) is 12.1 Å². The van der Waals surface area contributed by atoms with Crippen molar-refractivity contribution in [2.75, 3.05) is 14.2 Å². The molecule has 0 spiro atoms. The Hall–Kier alpha value is -1.29. The first-order chi connectivity index (χ1) is 7.12. The van der Waals surface area contributed by atoms with Gasteiger partial charge in [0.25, 0.3) is 0 Å². The highest BCUT2D eigenvalue weighted by Gasteiger charge is 2.45. The van der Waals surface area contributed by atoms with Gasteiger partial charge >= 0.3 is 0 Å². The van der Waals surface area contributed by atoms with Crippen LogP contribution in [-0.4, -0.2) is 14.2 Å². The summed E-state index contributed by atoms with van der Waals surface area (Å²) < 4.78 is 24.0. The van der Waals surface area contributed by atoms with Crippen LogP contribution in [0.1, 0.15) is 18.4 Å². The summed E-state index contributed by atoms with van der Waals surface area (Å²) in [6.45, 7) is 0. The van der Waals surface area contributed by atoms with E-state index in [0.29, 0.717) is 17.1 Å². The summed E-state index contributed by atoms with van der Waals surface area (Å²) in [6, 6.07) is 2.91. The summed E-state index contributed by atoms with van der Waals surface area (Å²) >= 11 is 0. The topological polar surface area (TPSA) is 44.5 Å². The van der Waals surface area contributed by atoms with Crippen LogP contribution in [0.4, 0.5) is 4.39 Å². The molecule has 0 radical (unpaired) electrons. The summed E-state index contributed by atoms with van der Waals surface area (Å²) in [6.07, 6.45) is 1.57. The molecule has 0 atom stereocenters. The normalized spacial score (nSPS) is 17.3. The molecule has 82 valence electrons. The van der Waals surface area contributed by atoms with E-state index >= 15 is 0 Å². The van der Waals surface area contributed by atoms with Gasteiger partial charge in [-0.25, -0.2) is 4.39 Å². The highest BCUT2D eigenvalue weighted by atomic mass is 19.1. The Kier molecular flexibility index (Phi) is 2.31. The molecule has 1 saturated carbocycles. The van der Waals surface area contributed by atoms with Gasteiger partial charge < -0.3 is 15.2 Å². The summed E-state index contributed by atoms with van der Waals surface area (Å²) in [5.74, 6) is 0.607. The van der Waals surface area contributed by atoms with Gasteiger partial charge in [-0.3, -0.25) is 0 Å². The SMILES string of the molecule is COc1ccc(F)c(C2(N)CC2)c1OC. The zero-order valence-corrected chi connectivity index (χ0v) is 8.84. The van der Waals surface area contributed by atoms with E-state index in [4.69, 9.17) is 15.2 Å². The van der Waals surface area contributed by atoms with Crippen LogP contribution < -0.4 is 15.2 Å². The van der Waals surface area contributed by atoms with Crippen molar-refractivity contribution in [2.24, 2.45) is 5.73 Å². The zero-order valence-electron chi connectivity index (χ0n) is 8.84. The lowest BCUT2D eigenvalue weighted by molar-refractivity contribution is 0.344. The zero-order chi connectivity index (χ0) is 11.1. The molecular weight excluding hydrogens is 197 g/mol. The Morgan fingerprint density at radius 3 is 2.40 bits per heavy atom. The molecule has 0 saturated heterocycles. The fraction of sp³-hybridized carbons (Fsp3) is 0.455. The van der Waals surface area contributed by atoms with Gasteiger partial charge in [-0.1, -0.05) is 0 Å². The van der Waals surface area contributed by atoms with Crippen LogP contribution in [0.2, 0.25) is 0 Å². The Morgan fingerprint density at radius 1 is 1.27 bits per heavy atom. The molecule has 1 aliphatic rings. The predicted molar refractivity (Wildman–Crippen MR) is 54.6 cm³/mol. The van der Waals surface area contributed by atoms with E-state index in [-0.39, 0.29) is 5.82 Å². The molecule has 0 bridgehead atoms. The minimum Gasteiger partial charge on any atom is -0.493 e.